The third kappa shape index (κ3) is 1.90. The Labute approximate surface area is 47.5 Å². The first kappa shape index (κ1) is 7.39. The third-order valence-electron chi connectivity index (χ3n) is 0.848. The molecule has 0 spiro atoms. The molecule has 0 saturated carbocycles. The summed E-state index contributed by atoms with van der Waals surface area (Å²) >= 11 is 0. The van der Waals surface area contributed by atoms with E-state index in [1.54, 1.807) is 0 Å². The maximum atomic E-state index is 10.1. The first-order valence-corrected chi connectivity index (χ1v) is 2.28. The quantitative estimate of drug-likeness (QED) is 0.399. The van der Waals surface area contributed by atoms with Gasteiger partial charge in [-0.1, -0.05) is 0 Å². The van der Waals surface area contributed by atoms with E-state index < -0.39 is 18.1 Å². The lowest BCUT2D eigenvalue weighted by Crippen LogP contribution is -2.44. The molecule has 0 heterocycles. The number of nitrogens with two attached hydrogens (primary N) is 2. The molecule has 1 amide bonds. The van der Waals surface area contributed by atoms with Crippen LogP contribution in [0.4, 0.5) is 0 Å². The summed E-state index contributed by atoms with van der Waals surface area (Å²) < 4.78 is 0. The lowest BCUT2D eigenvalue weighted by atomic mass is 10.2. The molecule has 0 rings (SSSR count). The lowest BCUT2D eigenvalue weighted by molar-refractivity contribution is -0.121. The number of carbonyl (C=O) groups excluding carboxylic acids is 1. The van der Waals surface area contributed by atoms with Gasteiger partial charge in [0.2, 0.25) is 5.91 Å². The third-order valence-corrected chi connectivity index (χ3v) is 0.848. The molecule has 0 unspecified atom stereocenters. The van der Waals surface area contributed by atoms with Crippen LogP contribution < -0.4 is 11.5 Å². The van der Waals surface area contributed by atoms with Crippen molar-refractivity contribution in [2.75, 3.05) is 0 Å². The van der Waals surface area contributed by atoms with Gasteiger partial charge in [-0.25, -0.2) is 0 Å². The Balaban J connectivity index is 3.64. The molecule has 2 atom stereocenters. The van der Waals surface area contributed by atoms with Gasteiger partial charge in [0.1, 0.15) is 6.04 Å². The van der Waals surface area contributed by atoms with Gasteiger partial charge in [0, 0.05) is 0 Å². The van der Waals surface area contributed by atoms with Crippen molar-refractivity contribution in [1.82, 2.24) is 0 Å². The lowest BCUT2D eigenvalue weighted by Gasteiger charge is -2.08. The van der Waals surface area contributed by atoms with Crippen molar-refractivity contribution in [2.24, 2.45) is 11.5 Å². The van der Waals surface area contributed by atoms with Gasteiger partial charge in [0.25, 0.3) is 0 Å². The number of hydrogen-bond donors (Lipinski definition) is 3. The van der Waals surface area contributed by atoms with Crippen molar-refractivity contribution in [3.63, 3.8) is 0 Å². The number of rotatable bonds is 2. The van der Waals surface area contributed by atoms with Crippen LogP contribution in [0.1, 0.15) is 6.92 Å². The minimum absolute atomic E-state index is 0.681. The average molecular weight is 118 g/mol. The van der Waals surface area contributed by atoms with Gasteiger partial charge >= 0.3 is 0 Å². The molecule has 0 aliphatic carbocycles. The zero-order valence-electron chi connectivity index (χ0n) is 4.66. The molecule has 0 bridgehead atoms. The SMILES string of the molecule is C[C@H](O)[C@H](N)C(N)=O. The van der Waals surface area contributed by atoms with Crippen LogP contribution in [0.15, 0.2) is 0 Å². The molecule has 0 aliphatic heterocycles. The fourth-order valence-electron chi connectivity index (χ4n) is 0.238. The Morgan fingerprint density at radius 1 is 1.75 bits per heavy atom. The molecular formula is C4H10N2O2. The van der Waals surface area contributed by atoms with Crippen molar-refractivity contribution >= 4 is 5.91 Å². The van der Waals surface area contributed by atoms with E-state index in [4.69, 9.17) is 16.6 Å². The minimum atomic E-state index is -0.935. The van der Waals surface area contributed by atoms with Gasteiger partial charge in [-0.2, -0.15) is 0 Å². The van der Waals surface area contributed by atoms with Crippen molar-refractivity contribution in [3.8, 4) is 0 Å². The minimum Gasteiger partial charge on any atom is -0.391 e. The summed E-state index contributed by atoms with van der Waals surface area (Å²) in [6.07, 6.45) is -0.854. The number of aliphatic hydroxyl groups excluding tert-OH is 1. The van der Waals surface area contributed by atoms with Gasteiger partial charge in [-0.05, 0) is 6.92 Å². The van der Waals surface area contributed by atoms with Gasteiger partial charge in [0.15, 0.2) is 0 Å². The number of carbonyl (C=O) groups is 1. The molecule has 4 heteroatoms. The number of hydrogen-bond acceptors (Lipinski definition) is 3. The van der Waals surface area contributed by atoms with Crippen LogP contribution in [-0.4, -0.2) is 23.2 Å². The second-order valence-electron chi connectivity index (χ2n) is 1.67. The smallest absolute Gasteiger partial charge is 0.237 e. The molecule has 5 N–H and O–H groups in total. The standard InChI is InChI=1S/C4H10N2O2/c1-2(7)3(5)4(6)8/h2-3,7H,5H2,1H3,(H2,6,8)/t2-,3-/m0/s1. The Bertz CT molecular complexity index is 92.0. The van der Waals surface area contributed by atoms with E-state index in [9.17, 15) is 4.79 Å². The molecular weight excluding hydrogens is 108 g/mol. The summed E-state index contributed by atoms with van der Waals surface area (Å²) in [5, 5.41) is 8.57. The topological polar surface area (TPSA) is 89.3 Å². The molecule has 0 aromatic heterocycles. The van der Waals surface area contributed by atoms with Crippen molar-refractivity contribution in [1.29, 1.82) is 0 Å². The summed E-state index contributed by atoms with van der Waals surface area (Å²) in [6.45, 7) is 1.41. The van der Waals surface area contributed by atoms with E-state index in [0.29, 0.717) is 0 Å². The number of amides is 1. The number of aliphatic hydroxyl groups is 1. The largest absolute Gasteiger partial charge is 0.391 e. The monoisotopic (exact) mass is 118 g/mol. The van der Waals surface area contributed by atoms with Crippen LogP contribution in [0.25, 0.3) is 0 Å². The second kappa shape index (κ2) is 2.64. The van der Waals surface area contributed by atoms with E-state index in [1.807, 2.05) is 0 Å². The molecule has 0 saturated heterocycles. The fraction of sp³-hybridized carbons (Fsp3) is 0.750. The average Bonchev–Trinajstić information content (AvgIpc) is 1.64. The van der Waals surface area contributed by atoms with Crippen LogP contribution in [0, 0.1) is 0 Å². The van der Waals surface area contributed by atoms with Crippen molar-refractivity contribution in [2.45, 2.75) is 19.1 Å². The summed E-state index contributed by atoms with van der Waals surface area (Å²) in [6, 6.07) is -0.935. The van der Waals surface area contributed by atoms with Gasteiger partial charge in [-0.3, -0.25) is 4.79 Å². The molecule has 8 heavy (non-hydrogen) atoms. The highest BCUT2D eigenvalue weighted by atomic mass is 16.3. The maximum Gasteiger partial charge on any atom is 0.237 e. The maximum absolute atomic E-state index is 10.1. The van der Waals surface area contributed by atoms with Gasteiger partial charge < -0.3 is 16.6 Å². The molecule has 0 radical (unpaired) electrons. The Hall–Kier alpha value is -0.610. The zero-order valence-corrected chi connectivity index (χ0v) is 4.66. The molecule has 0 fully saturated rings. The second-order valence-corrected chi connectivity index (χ2v) is 1.67. The van der Waals surface area contributed by atoms with Crippen molar-refractivity contribution < 1.29 is 9.90 Å². The van der Waals surface area contributed by atoms with E-state index in [-0.39, 0.29) is 0 Å². The first-order chi connectivity index (χ1) is 3.55. The number of primary amides is 1. The highest BCUT2D eigenvalue weighted by molar-refractivity contribution is 5.80. The summed E-state index contributed by atoms with van der Waals surface area (Å²) in [7, 11) is 0. The predicted molar refractivity (Wildman–Crippen MR) is 28.9 cm³/mol. The summed E-state index contributed by atoms with van der Waals surface area (Å²) in [5.74, 6) is -0.681. The van der Waals surface area contributed by atoms with Gasteiger partial charge in [0.05, 0.1) is 6.10 Å². The zero-order chi connectivity index (χ0) is 6.73. The molecule has 0 aromatic rings. The highest BCUT2D eigenvalue weighted by Gasteiger charge is 2.13. The normalized spacial score (nSPS) is 17.4. The first-order valence-electron chi connectivity index (χ1n) is 2.28. The molecule has 0 aromatic carbocycles. The molecule has 48 valence electrons. The molecule has 0 aliphatic rings. The summed E-state index contributed by atoms with van der Waals surface area (Å²) in [5.41, 5.74) is 9.75. The van der Waals surface area contributed by atoms with E-state index >= 15 is 0 Å². The van der Waals surface area contributed by atoms with Crippen LogP contribution >= 0.6 is 0 Å². The van der Waals surface area contributed by atoms with Crippen LogP contribution in [-0.2, 0) is 4.79 Å². The Morgan fingerprint density at radius 3 is 2.12 bits per heavy atom. The molecule has 4 nitrogen and oxygen atoms in total. The van der Waals surface area contributed by atoms with E-state index in [0.717, 1.165) is 0 Å². The highest BCUT2D eigenvalue weighted by Crippen LogP contribution is 1.84. The van der Waals surface area contributed by atoms with E-state index in [1.165, 1.54) is 6.92 Å². The predicted octanol–water partition coefficient (Wildman–Crippen LogP) is -1.82. The summed E-state index contributed by atoms with van der Waals surface area (Å²) in [4.78, 5) is 10.1. The Kier molecular flexibility index (Phi) is 2.44. The Morgan fingerprint density at radius 2 is 2.12 bits per heavy atom. The van der Waals surface area contributed by atoms with Crippen molar-refractivity contribution in [3.05, 3.63) is 0 Å². The van der Waals surface area contributed by atoms with Crippen LogP contribution in [0.2, 0.25) is 0 Å². The van der Waals surface area contributed by atoms with E-state index in [2.05, 4.69) is 0 Å². The van der Waals surface area contributed by atoms with Crippen LogP contribution in [0.3, 0.4) is 0 Å². The van der Waals surface area contributed by atoms with Gasteiger partial charge in [-0.15, -0.1) is 0 Å². The van der Waals surface area contributed by atoms with Crippen LogP contribution in [0.5, 0.6) is 0 Å². The fourth-order valence-corrected chi connectivity index (χ4v) is 0.238.